The Bertz CT molecular complexity index is 288. The maximum absolute atomic E-state index is 10.4. The number of carbonyl (C=O) groups is 1. The van der Waals surface area contributed by atoms with Gasteiger partial charge in [0.1, 0.15) is 5.82 Å². The maximum atomic E-state index is 10.4. The third-order valence-electron chi connectivity index (χ3n) is 1.99. The summed E-state index contributed by atoms with van der Waals surface area (Å²) in [6, 6.07) is 0. The number of aromatic nitrogens is 3. The number of hydrogen-bond donors (Lipinski definition) is 0. The number of carbonyl (C=O) groups excluding carboxylic acids is 1. The molecule has 4 heteroatoms. The molecule has 11 heavy (non-hydrogen) atoms. The van der Waals surface area contributed by atoms with Crippen LogP contribution in [0, 0.1) is 0 Å². The molecular weight excluding hydrogens is 142 g/mol. The Hall–Kier alpha value is -1.19. The van der Waals surface area contributed by atoms with Gasteiger partial charge in [0.2, 0.25) is 0 Å². The van der Waals surface area contributed by atoms with Crippen LogP contribution in [0.5, 0.6) is 0 Å². The van der Waals surface area contributed by atoms with E-state index in [1.165, 1.54) is 12.8 Å². The van der Waals surface area contributed by atoms with Gasteiger partial charge in [-0.1, -0.05) is 0 Å². The van der Waals surface area contributed by atoms with Gasteiger partial charge in [0.25, 0.3) is 0 Å². The second kappa shape index (κ2) is 2.15. The molecule has 1 heterocycles. The molecule has 0 radical (unpaired) electrons. The molecule has 0 unspecified atom stereocenters. The summed E-state index contributed by atoms with van der Waals surface area (Å²) < 4.78 is 1.77. The van der Waals surface area contributed by atoms with E-state index in [2.05, 4.69) is 10.2 Å². The molecule has 1 fully saturated rings. The lowest BCUT2D eigenvalue weighted by Gasteiger charge is -1.95. The average molecular weight is 151 g/mol. The monoisotopic (exact) mass is 151 g/mol. The van der Waals surface area contributed by atoms with Crippen molar-refractivity contribution in [3.63, 3.8) is 0 Å². The molecule has 0 atom stereocenters. The van der Waals surface area contributed by atoms with Crippen LogP contribution in [0.4, 0.5) is 0 Å². The second-order valence-corrected chi connectivity index (χ2v) is 2.87. The van der Waals surface area contributed by atoms with Crippen molar-refractivity contribution in [2.45, 2.75) is 18.8 Å². The lowest BCUT2D eigenvalue weighted by Crippen LogP contribution is -1.99. The van der Waals surface area contributed by atoms with Gasteiger partial charge in [-0.3, -0.25) is 4.79 Å². The molecule has 0 aromatic carbocycles. The summed E-state index contributed by atoms with van der Waals surface area (Å²) in [6.45, 7) is 0. The van der Waals surface area contributed by atoms with Crippen LogP contribution in [0.25, 0.3) is 0 Å². The second-order valence-electron chi connectivity index (χ2n) is 2.87. The standard InChI is InChI=1S/C7H9N3O/c1-10-6(4-11)8-9-7(10)5-2-3-5/h4-5H,2-3H2,1H3. The SMILES string of the molecule is Cn1c(C=O)nnc1C1CC1. The number of hydrogen-bond acceptors (Lipinski definition) is 3. The van der Waals surface area contributed by atoms with E-state index in [-0.39, 0.29) is 0 Å². The van der Waals surface area contributed by atoms with E-state index in [1.54, 1.807) is 4.57 Å². The summed E-state index contributed by atoms with van der Waals surface area (Å²) in [5, 5.41) is 7.67. The Balaban J connectivity index is 2.40. The van der Waals surface area contributed by atoms with Gasteiger partial charge in [-0.2, -0.15) is 0 Å². The lowest BCUT2D eigenvalue weighted by atomic mass is 10.4. The molecule has 1 saturated carbocycles. The van der Waals surface area contributed by atoms with Crippen LogP contribution in [0.3, 0.4) is 0 Å². The van der Waals surface area contributed by atoms with E-state index in [0.717, 1.165) is 12.1 Å². The first-order valence-electron chi connectivity index (χ1n) is 3.67. The van der Waals surface area contributed by atoms with Crippen molar-refractivity contribution in [1.82, 2.24) is 14.8 Å². The zero-order valence-electron chi connectivity index (χ0n) is 6.32. The molecule has 0 N–H and O–H groups in total. The smallest absolute Gasteiger partial charge is 0.196 e. The fraction of sp³-hybridized carbons (Fsp3) is 0.571. The maximum Gasteiger partial charge on any atom is 0.196 e. The molecule has 2 rings (SSSR count). The summed E-state index contributed by atoms with van der Waals surface area (Å²) in [6.07, 6.45) is 3.11. The predicted molar refractivity (Wildman–Crippen MR) is 38.4 cm³/mol. The quantitative estimate of drug-likeness (QED) is 0.578. The first-order valence-corrected chi connectivity index (χ1v) is 3.67. The molecule has 0 bridgehead atoms. The minimum atomic E-state index is 0.423. The van der Waals surface area contributed by atoms with Crippen molar-refractivity contribution in [3.05, 3.63) is 11.6 Å². The normalized spacial score (nSPS) is 16.8. The lowest BCUT2D eigenvalue weighted by molar-refractivity contribution is 0.111. The van der Waals surface area contributed by atoms with Gasteiger partial charge in [0, 0.05) is 13.0 Å². The van der Waals surface area contributed by atoms with Crippen molar-refractivity contribution in [3.8, 4) is 0 Å². The summed E-state index contributed by atoms with van der Waals surface area (Å²) in [5.74, 6) is 1.93. The molecule has 4 nitrogen and oxygen atoms in total. The minimum absolute atomic E-state index is 0.423. The van der Waals surface area contributed by atoms with Crippen molar-refractivity contribution in [1.29, 1.82) is 0 Å². The highest BCUT2D eigenvalue weighted by molar-refractivity contribution is 5.68. The Morgan fingerprint density at radius 2 is 2.27 bits per heavy atom. The molecule has 0 saturated heterocycles. The topological polar surface area (TPSA) is 47.8 Å². The van der Waals surface area contributed by atoms with E-state index in [9.17, 15) is 4.79 Å². The molecule has 58 valence electrons. The third kappa shape index (κ3) is 0.943. The van der Waals surface area contributed by atoms with Crippen LogP contribution in [0.2, 0.25) is 0 Å². The number of aldehydes is 1. The van der Waals surface area contributed by atoms with E-state index >= 15 is 0 Å². The Kier molecular flexibility index (Phi) is 1.27. The molecule has 1 aliphatic rings. The van der Waals surface area contributed by atoms with Gasteiger partial charge >= 0.3 is 0 Å². The number of nitrogens with zero attached hydrogens (tertiary/aromatic N) is 3. The largest absolute Gasteiger partial charge is 0.312 e. The van der Waals surface area contributed by atoms with Crippen molar-refractivity contribution < 1.29 is 4.79 Å². The Morgan fingerprint density at radius 3 is 2.73 bits per heavy atom. The van der Waals surface area contributed by atoms with Crippen LogP contribution >= 0.6 is 0 Å². The van der Waals surface area contributed by atoms with Crippen LogP contribution in [-0.2, 0) is 7.05 Å². The van der Waals surface area contributed by atoms with Gasteiger partial charge in [0.15, 0.2) is 12.1 Å². The van der Waals surface area contributed by atoms with E-state index in [1.807, 2.05) is 7.05 Å². The molecule has 1 aliphatic carbocycles. The third-order valence-corrected chi connectivity index (χ3v) is 1.99. The number of rotatable bonds is 2. The zero-order chi connectivity index (χ0) is 7.84. The molecule has 0 amide bonds. The summed E-state index contributed by atoms with van der Waals surface area (Å²) >= 11 is 0. The zero-order valence-corrected chi connectivity index (χ0v) is 6.32. The van der Waals surface area contributed by atoms with Crippen molar-refractivity contribution in [2.24, 2.45) is 7.05 Å². The molecule has 1 aromatic rings. The highest BCUT2D eigenvalue weighted by Gasteiger charge is 2.28. The highest BCUT2D eigenvalue weighted by atomic mass is 16.1. The summed E-state index contributed by atoms with van der Waals surface area (Å²) in [7, 11) is 1.83. The first-order chi connectivity index (χ1) is 5.33. The minimum Gasteiger partial charge on any atom is -0.312 e. The van der Waals surface area contributed by atoms with Crippen LogP contribution in [-0.4, -0.2) is 21.1 Å². The van der Waals surface area contributed by atoms with Crippen LogP contribution in [0.15, 0.2) is 0 Å². The van der Waals surface area contributed by atoms with E-state index in [0.29, 0.717) is 11.7 Å². The van der Waals surface area contributed by atoms with E-state index < -0.39 is 0 Å². The predicted octanol–water partition coefficient (Wildman–Crippen LogP) is 0.505. The van der Waals surface area contributed by atoms with E-state index in [4.69, 9.17) is 0 Å². The molecule has 0 spiro atoms. The highest BCUT2D eigenvalue weighted by Crippen LogP contribution is 2.38. The van der Waals surface area contributed by atoms with Crippen molar-refractivity contribution >= 4 is 6.29 Å². The fourth-order valence-corrected chi connectivity index (χ4v) is 1.15. The van der Waals surface area contributed by atoms with Crippen molar-refractivity contribution in [2.75, 3.05) is 0 Å². The summed E-state index contributed by atoms with van der Waals surface area (Å²) in [4.78, 5) is 10.4. The molecule has 0 aliphatic heterocycles. The van der Waals surface area contributed by atoms with Gasteiger partial charge in [-0.05, 0) is 12.8 Å². The molecule has 1 aromatic heterocycles. The fourth-order valence-electron chi connectivity index (χ4n) is 1.15. The summed E-state index contributed by atoms with van der Waals surface area (Å²) in [5.41, 5.74) is 0. The average Bonchev–Trinajstić information content (AvgIpc) is 2.77. The first kappa shape index (κ1) is 6.52. The van der Waals surface area contributed by atoms with Gasteiger partial charge in [-0.15, -0.1) is 10.2 Å². The Labute approximate surface area is 64.2 Å². The van der Waals surface area contributed by atoms with Gasteiger partial charge in [0.05, 0.1) is 0 Å². The Morgan fingerprint density at radius 1 is 1.55 bits per heavy atom. The molecular formula is C7H9N3O. The van der Waals surface area contributed by atoms with Crippen LogP contribution < -0.4 is 0 Å². The van der Waals surface area contributed by atoms with Gasteiger partial charge < -0.3 is 4.57 Å². The van der Waals surface area contributed by atoms with Crippen LogP contribution in [0.1, 0.15) is 35.2 Å². The van der Waals surface area contributed by atoms with Gasteiger partial charge in [-0.25, -0.2) is 0 Å².